The highest BCUT2D eigenvalue weighted by molar-refractivity contribution is 6.06. The van der Waals surface area contributed by atoms with Crippen molar-refractivity contribution >= 4 is 23.7 Å². The first-order valence-corrected chi connectivity index (χ1v) is 13.2. The van der Waals surface area contributed by atoms with Gasteiger partial charge in [0.2, 0.25) is 11.8 Å². The highest BCUT2D eigenvalue weighted by Gasteiger charge is 2.69. The van der Waals surface area contributed by atoms with Gasteiger partial charge >= 0.3 is 6.18 Å². The molecule has 11 heteroatoms. The molecule has 1 aliphatic heterocycles. The molecule has 41 heavy (non-hydrogen) atoms. The number of anilines is 1. The first-order chi connectivity index (χ1) is 19.4. The number of aromatic nitrogens is 2. The van der Waals surface area contributed by atoms with Gasteiger partial charge < -0.3 is 10.2 Å². The summed E-state index contributed by atoms with van der Waals surface area (Å²) in [6.45, 7) is 1.22. The third-order valence-corrected chi connectivity index (χ3v) is 8.44. The highest BCUT2D eigenvalue weighted by Crippen LogP contribution is 2.59. The summed E-state index contributed by atoms with van der Waals surface area (Å²) in [6.07, 6.45) is 1.82. The van der Waals surface area contributed by atoms with E-state index in [1.807, 2.05) is 12.1 Å². The molecule has 2 aromatic heterocycles. The summed E-state index contributed by atoms with van der Waals surface area (Å²) in [6, 6.07) is 7.18. The number of halogens is 5. The van der Waals surface area contributed by atoms with Gasteiger partial charge in [0, 0.05) is 42.7 Å². The summed E-state index contributed by atoms with van der Waals surface area (Å²) >= 11 is 0. The molecule has 3 aliphatic rings. The molecule has 0 bridgehead atoms. The molecule has 2 unspecified atom stereocenters. The van der Waals surface area contributed by atoms with Crippen LogP contribution < -0.4 is 5.32 Å². The van der Waals surface area contributed by atoms with Crippen LogP contribution in [0, 0.1) is 17.0 Å². The van der Waals surface area contributed by atoms with Gasteiger partial charge in [0.05, 0.1) is 11.5 Å². The first kappa shape index (κ1) is 27.0. The maximum absolute atomic E-state index is 13.9. The maximum atomic E-state index is 13.9. The summed E-state index contributed by atoms with van der Waals surface area (Å²) in [5, 5.41) is 2.84. The highest BCUT2D eigenvalue weighted by atomic mass is 19.4. The number of nitrogens with zero attached hydrogens (tertiary/aromatic N) is 3. The Balaban J connectivity index is 1.25. The van der Waals surface area contributed by atoms with Crippen LogP contribution >= 0.6 is 0 Å². The second kappa shape index (κ2) is 9.46. The van der Waals surface area contributed by atoms with Crippen LogP contribution in [0.4, 0.5) is 27.8 Å². The van der Waals surface area contributed by atoms with E-state index in [-0.39, 0.29) is 30.9 Å². The van der Waals surface area contributed by atoms with E-state index < -0.39 is 40.6 Å². The Kier molecular flexibility index (Phi) is 6.24. The Morgan fingerprint density at radius 1 is 1.12 bits per heavy atom. The zero-order valence-electron chi connectivity index (χ0n) is 21.9. The summed E-state index contributed by atoms with van der Waals surface area (Å²) in [5.41, 5.74) is -0.141. The van der Waals surface area contributed by atoms with Crippen molar-refractivity contribution in [2.45, 2.75) is 50.2 Å². The van der Waals surface area contributed by atoms with Crippen LogP contribution in [0.5, 0.6) is 0 Å². The van der Waals surface area contributed by atoms with E-state index in [1.165, 1.54) is 13.0 Å². The third-order valence-electron chi connectivity index (χ3n) is 8.44. The van der Waals surface area contributed by atoms with Crippen molar-refractivity contribution in [1.82, 2.24) is 14.9 Å². The van der Waals surface area contributed by atoms with E-state index >= 15 is 0 Å². The van der Waals surface area contributed by atoms with Crippen molar-refractivity contribution in [3.05, 3.63) is 94.5 Å². The average molecular weight is 569 g/mol. The van der Waals surface area contributed by atoms with Crippen LogP contribution in [0.1, 0.15) is 53.8 Å². The lowest BCUT2D eigenvalue weighted by Crippen LogP contribution is -2.45. The van der Waals surface area contributed by atoms with Gasteiger partial charge in [-0.2, -0.15) is 13.2 Å². The zero-order chi connectivity index (χ0) is 29.2. The second-order valence-electron chi connectivity index (χ2n) is 11.0. The Labute approximate surface area is 232 Å². The fourth-order valence-electron chi connectivity index (χ4n) is 5.96. The molecule has 3 heterocycles. The number of carbonyl (C=O) groups excluding carboxylic acids is 2. The topological polar surface area (TPSA) is 75.2 Å². The van der Waals surface area contributed by atoms with Crippen LogP contribution in [0.15, 0.2) is 54.9 Å². The normalized spacial score (nSPS) is 21.1. The number of hydrogen-bond acceptors (Lipinski definition) is 4. The predicted molar refractivity (Wildman–Crippen MR) is 139 cm³/mol. The lowest BCUT2D eigenvalue weighted by molar-refractivity contribution is -0.199. The second-order valence-corrected chi connectivity index (χ2v) is 11.0. The molecule has 2 atom stereocenters. The third kappa shape index (κ3) is 4.47. The Morgan fingerprint density at radius 3 is 2.54 bits per heavy atom. The van der Waals surface area contributed by atoms with Crippen LogP contribution in [-0.4, -0.2) is 39.4 Å². The molecule has 212 valence electrons. The fraction of sp³-hybridized carbons (Fsp3) is 0.333. The lowest BCUT2D eigenvalue weighted by Gasteiger charge is -2.33. The predicted octanol–water partition coefficient (Wildman–Crippen LogP) is 5.69. The number of benzene rings is 1. The Bertz CT molecular complexity index is 1580. The minimum atomic E-state index is -4.74. The molecule has 2 aliphatic carbocycles. The van der Waals surface area contributed by atoms with Gasteiger partial charge in [-0.1, -0.05) is 18.2 Å². The number of nitrogens with one attached hydrogen (secondary N) is 1. The monoisotopic (exact) mass is 568 g/mol. The molecule has 1 fully saturated rings. The van der Waals surface area contributed by atoms with Crippen molar-refractivity contribution in [2.75, 3.05) is 11.9 Å². The molecule has 2 amide bonds. The molecule has 1 N–H and O–H groups in total. The lowest BCUT2D eigenvalue weighted by atomic mass is 9.80. The smallest absolute Gasteiger partial charge is 0.331 e. The van der Waals surface area contributed by atoms with Crippen molar-refractivity contribution in [3.8, 4) is 0 Å². The molecular weight excluding hydrogens is 543 g/mol. The van der Waals surface area contributed by atoms with Gasteiger partial charge in [-0.25, -0.2) is 13.8 Å². The number of fused-ring (bicyclic) bond motifs is 3. The minimum absolute atomic E-state index is 0.0522. The zero-order valence-corrected chi connectivity index (χ0v) is 21.9. The van der Waals surface area contributed by atoms with Crippen LogP contribution in [0.2, 0.25) is 0 Å². The van der Waals surface area contributed by atoms with Gasteiger partial charge in [-0.15, -0.1) is 0 Å². The molecule has 6 nitrogen and oxygen atoms in total. The first-order valence-electron chi connectivity index (χ1n) is 13.2. The Morgan fingerprint density at radius 2 is 1.85 bits per heavy atom. The van der Waals surface area contributed by atoms with Gasteiger partial charge in [0.15, 0.2) is 0 Å². The van der Waals surface area contributed by atoms with E-state index in [0.29, 0.717) is 30.3 Å². The Hall–Kier alpha value is -4.15. The average Bonchev–Trinajstić information content (AvgIpc) is 3.59. The van der Waals surface area contributed by atoms with Crippen molar-refractivity contribution in [1.29, 1.82) is 0 Å². The molecular formula is C30H25F5N4O2. The standard InChI is InChI=1S/C30H25F5N4O2/c1-17(19-11-21(31)13-22(32)12-19)39(27(41)29(6-7-29)30(33,34)35)9-3-4-18-10-20-14-28(15-24(20)37-16-18)23-5-2-8-36-25(23)38-26(28)40/h2-5,8,10-13,16-17H,6-7,9,14-15H2,1H3,(H,36,38,40). The van der Waals surface area contributed by atoms with Crippen LogP contribution in [-0.2, 0) is 27.8 Å². The van der Waals surface area contributed by atoms with E-state index in [9.17, 15) is 31.5 Å². The van der Waals surface area contributed by atoms with E-state index in [1.54, 1.807) is 24.5 Å². The van der Waals surface area contributed by atoms with Gasteiger partial charge in [-0.05, 0) is 67.1 Å². The van der Waals surface area contributed by atoms with Crippen molar-refractivity contribution in [2.24, 2.45) is 5.41 Å². The van der Waals surface area contributed by atoms with E-state index in [2.05, 4.69) is 15.3 Å². The quantitative estimate of drug-likeness (QED) is 0.388. The maximum Gasteiger partial charge on any atom is 0.403 e. The molecule has 1 spiro atoms. The summed E-state index contributed by atoms with van der Waals surface area (Å²) in [7, 11) is 0. The number of alkyl halides is 3. The number of carbonyl (C=O) groups is 2. The summed E-state index contributed by atoms with van der Waals surface area (Å²) in [4.78, 5) is 36.0. The van der Waals surface area contributed by atoms with Gasteiger partial charge in [-0.3, -0.25) is 14.6 Å². The molecule has 0 radical (unpaired) electrons. The number of rotatable bonds is 6. The fourth-order valence-corrected chi connectivity index (χ4v) is 5.96. The molecule has 1 aromatic carbocycles. The van der Waals surface area contributed by atoms with Crippen molar-refractivity contribution in [3.63, 3.8) is 0 Å². The molecule has 3 aromatic rings. The van der Waals surface area contributed by atoms with Crippen LogP contribution in [0.25, 0.3) is 6.08 Å². The molecule has 0 saturated heterocycles. The summed E-state index contributed by atoms with van der Waals surface area (Å²) in [5.74, 6) is -2.50. The summed E-state index contributed by atoms with van der Waals surface area (Å²) < 4.78 is 69.3. The minimum Gasteiger partial charge on any atom is -0.331 e. The number of hydrogen-bond donors (Lipinski definition) is 1. The largest absolute Gasteiger partial charge is 0.403 e. The SMILES string of the molecule is CC(c1cc(F)cc(F)c1)N(CC=Cc1cnc2c(c1)CC1(C2)C(=O)Nc2ncccc21)C(=O)C1(C(F)(F)F)CC1. The number of pyridine rings is 2. The van der Waals surface area contributed by atoms with E-state index in [0.717, 1.165) is 33.9 Å². The van der Waals surface area contributed by atoms with E-state index in [4.69, 9.17) is 0 Å². The van der Waals surface area contributed by atoms with Gasteiger partial charge in [0.1, 0.15) is 22.9 Å². The number of amides is 2. The van der Waals surface area contributed by atoms with Crippen molar-refractivity contribution < 1.29 is 31.5 Å². The molecule has 6 rings (SSSR count). The van der Waals surface area contributed by atoms with Gasteiger partial charge in [0.25, 0.3) is 0 Å². The molecule has 1 saturated carbocycles. The van der Waals surface area contributed by atoms with Crippen LogP contribution in [0.3, 0.4) is 0 Å².